The van der Waals surface area contributed by atoms with Crippen LogP contribution in [0, 0.1) is 5.92 Å². The van der Waals surface area contributed by atoms with Crippen molar-refractivity contribution in [3.63, 3.8) is 0 Å². The van der Waals surface area contributed by atoms with Gasteiger partial charge in [0, 0.05) is 13.5 Å². The van der Waals surface area contributed by atoms with Crippen molar-refractivity contribution in [2.24, 2.45) is 5.92 Å². The van der Waals surface area contributed by atoms with E-state index in [0.29, 0.717) is 23.8 Å². The Kier molecular flexibility index (Phi) is 4.92. The lowest BCUT2D eigenvalue weighted by molar-refractivity contribution is 0.0508. The van der Waals surface area contributed by atoms with Gasteiger partial charge in [-0.1, -0.05) is 13.8 Å². The molecule has 0 unspecified atom stereocenters. The topological polar surface area (TPSA) is 48.4 Å². The molecule has 0 atom stereocenters. The van der Waals surface area contributed by atoms with E-state index < -0.39 is 0 Å². The number of methoxy groups -OCH3 is 1. The number of hydrogen-bond donors (Lipinski definition) is 0. The molecule has 0 saturated carbocycles. The molecule has 4 heteroatoms. The van der Waals surface area contributed by atoms with Crippen molar-refractivity contribution >= 4 is 5.78 Å². The molecule has 1 aromatic rings. The Morgan fingerprint density at radius 2 is 2.19 bits per heavy atom. The van der Waals surface area contributed by atoms with Gasteiger partial charge in [-0.05, 0) is 18.1 Å². The summed E-state index contributed by atoms with van der Waals surface area (Å²) in [6.45, 7) is 4.20. The van der Waals surface area contributed by atoms with Crippen LogP contribution in [-0.4, -0.2) is 24.7 Å². The maximum absolute atomic E-state index is 11.7. The van der Waals surface area contributed by atoms with E-state index in [1.165, 1.54) is 6.20 Å². The molecular weight excluding hydrogens is 206 g/mol. The number of aromatic nitrogens is 1. The van der Waals surface area contributed by atoms with Crippen LogP contribution in [-0.2, 0) is 4.74 Å². The van der Waals surface area contributed by atoms with Gasteiger partial charge in [-0.25, -0.2) is 4.98 Å². The monoisotopic (exact) mass is 223 g/mol. The van der Waals surface area contributed by atoms with E-state index >= 15 is 0 Å². The van der Waals surface area contributed by atoms with Crippen LogP contribution < -0.4 is 4.74 Å². The summed E-state index contributed by atoms with van der Waals surface area (Å²) in [5, 5.41) is 0. The summed E-state index contributed by atoms with van der Waals surface area (Å²) in [5.74, 6) is 1.01. The number of hydrogen-bond acceptors (Lipinski definition) is 4. The number of carbonyl (C=O) groups is 1. The minimum atomic E-state index is 0.0632. The molecule has 1 rings (SSSR count). The van der Waals surface area contributed by atoms with Gasteiger partial charge < -0.3 is 9.47 Å². The van der Waals surface area contributed by atoms with Crippen LogP contribution in [0.1, 0.15) is 30.8 Å². The molecule has 16 heavy (non-hydrogen) atoms. The lowest BCUT2D eigenvalue weighted by Gasteiger charge is -2.05. The van der Waals surface area contributed by atoms with E-state index in [9.17, 15) is 4.79 Å². The van der Waals surface area contributed by atoms with E-state index in [0.717, 1.165) is 0 Å². The van der Waals surface area contributed by atoms with Gasteiger partial charge in [-0.2, -0.15) is 0 Å². The zero-order valence-electron chi connectivity index (χ0n) is 9.90. The molecule has 0 N–H and O–H groups in total. The smallest absolute Gasteiger partial charge is 0.188 e. The fourth-order valence-electron chi connectivity index (χ4n) is 1.23. The third-order valence-corrected chi connectivity index (χ3v) is 1.96. The van der Waals surface area contributed by atoms with Crippen molar-refractivity contribution in [3.05, 3.63) is 24.0 Å². The SMILES string of the molecule is COCOc1ccc(C(=O)CC(C)C)nc1. The number of pyridine rings is 1. The van der Waals surface area contributed by atoms with Crippen LogP contribution in [0.5, 0.6) is 5.75 Å². The second kappa shape index (κ2) is 6.23. The fourth-order valence-corrected chi connectivity index (χ4v) is 1.23. The maximum atomic E-state index is 11.7. The molecule has 0 aliphatic rings. The van der Waals surface area contributed by atoms with E-state index in [2.05, 4.69) is 4.98 Å². The Bertz CT molecular complexity index is 333. The Morgan fingerprint density at radius 1 is 1.44 bits per heavy atom. The third-order valence-electron chi connectivity index (χ3n) is 1.96. The zero-order chi connectivity index (χ0) is 12.0. The Hall–Kier alpha value is -1.42. The molecule has 88 valence electrons. The summed E-state index contributed by atoms with van der Waals surface area (Å²) in [7, 11) is 1.55. The molecule has 0 aromatic carbocycles. The van der Waals surface area contributed by atoms with Gasteiger partial charge in [-0.15, -0.1) is 0 Å². The number of ketones is 1. The quantitative estimate of drug-likeness (QED) is 0.548. The van der Waals surface area contributed by atoms with Gasteiger partial charge >= 0.3 is 0 Å². The Labute approximate surface area is 95.6 Å². The lowest BCUT2D eigenvalue weighted by atomic mass is 10.1. The molecule has 0 amide bonds. The van der Waals surface area contributed by atoms with Crippen LogP contribution in [0.25, 0.3) is 0 Å². The van der Waals surface area contributed by atoms with Crippen molar-refractivity contribution in [3.8, 4) is 5.75 Å². The summed E-state index contributed by atoms with van der Waals surface area (Å²) in [6.07, 6.45) is 2.05. The van der Waals surface area contributed by atoms with Crippen molar-refractivity contribution < 1.29 is 14.3 Å². The van der Waals surface area contributed by atoms with Gasteiger partial charge in [0.2, 0.25) is 0 Å². The molecular formula is C12H17NO3. The van der Waals surface area contributed by atoms with Crippen LogP contribution >= 0.6 is 0 Å². The highest BCUT2D eigenvalue weighted by molar-refractivity contribution is 5.94. The van der Waals surface area contributed by atoms with E-state index in [1.54, 1.807) is 19.2 Å². The summed E-state index contributed by atoms with van der Waals surface area (Å²) in [4.78, 5) is 15.7. The van der Waals surface area contributed by atoms with Crippen molar-refractivity contribution in [2.75, 3.05) is 13.9 Å². The second-order valence-corrected chi connectivity index (χ2v) is 3.95. The molecule has 0 radical (unpaired) electrons. The standard InChI is InChI=1S/C12H17NO3/c1-9(2)6-12(14)11-5-4-10(7-13-11)16-8-15-3/h4-5,7,9H,6,8H2,1-3H3. The number of nitrogens with zero attached hydrogens (tertiary/aromatic N) is 1. The minimum absolute atomic E-state index is 0.0632. The highest BCUT2D eigenvalue weighted by atomic mass is 16.7. The van der Waals surface area contributed by atoms with Crippen LogP contribution in [0.3, 0.4) is 0 Å². The summed E-state index contributed by atoms with van der Waals surface area (Å²) >= 11 is 0. The normalized spacial score (nSPS) is 10.5. The molecule has 4 nitrogen and oxygen atoms in total. The number of carbonyl (C=O) groups excluding carboxylic acids is 1. The Balaban J connectivity index is 2.60. The highest BCUT2D eigenvalue weighted by Crippen LogP contribution is 2.12. The van der Waals surface area contributed by atoms with Gasteiger partial charge in [0.1, 0.15) is 11.4 Å². The molecule has 1 aromatic heterocycles. The van der Waals surface area contributed by atoms with Gasteiger partial charge in [0.25, 0.3) is 0 Å². The fraction of sp³-hybridized carbons (Fsp3) is 0.500. The molecule has 0 spiro atoms. The molecule has 0 bridgehead atoms. The predicted molar refractivity (Wildman–Crippen MR) is 60.5 cm³/mol. The summed E-state index contributed by atoms with van der Waals surface area (Å²) in [5.41, 5.74) is 0.485. The minimum Gasteiger partial charge on any atom is -0.466 e. The van der Waals surface area contributed by atoms with Gasteiger partial charge in [-0.3, -0.25) is 4.79 Å². The third kappa shape index (κ3) is 3.98. The van der Waals surface area contributed by atoms with Crippen molar-refractivity contribution in [1.82, 2.24) is 4.98 Å². The zero-order valence-corrected chi connectivity index (χ0v) is 9.90. The Morgan fingerprint density at radius 3 is 2.69 bits per heavy atom. The summed E-state index contributed by atoms with van der Waals surface area (Å²) < 4.78 is 9.93. The molecule has 0 aliphatic carbocycles. The second-order valence-electron chi connectivity index (χ2n) is 3.95. The average molecular weight is 223 g/mol. The van der Waals surface area contributed by atoms with Crippen LogP contribution in [0.4, 0.5) is 0 Å². The lowest BCUT2D eigenvalue weighted by Crippen LogP contribution is -2.06. The van der Waals surface area contributed by atoms with Gasteiger partial charge in [0.15, 0.2) is 12.6 Å². The highest BCUT2D eigenvalue weighted by Gasteiger charge is 2.09. The predicted octanol–water partition coefficient (Wildman–Crippen LogP) is 2.29. The van der Waals surface area contributed by atoms with E-state index in [-0.39, 0.29) is 12.6 Å². The van der Waals surface area contributed by atoms with Gasteiger partial charge in [0.05, 0.1) is 6.20 Å². The average Bonchev–Trinajstić information content (AvgIpc) is 2.26. The first-order chi connectivity index (χ1) is 7.63. The molecule has 1 heterocycles. The number of Topliss-reactive ketones (excluding diaryl/α,β-unsaturated/α-hetero) is 1. The number of rotatable bonds is 6. The summed E-state index contributed by atoms with van der Waals surface area (Å²) in [6, 6.07) is 3.40. The van der Waals surface area contributed by atoms with Crippen molar-refractivity contribution in [1.29, 1.82) is 0 Å². The van der Waals surface area contributed by atoms with E-state index in [4.69, 9.17) is 9.47 Å². The largest absolute Gasteiger partial charge is 0.466 e. The molecule has 0 aliphatic heterocycles. The first-order valence-corrected chi connectivity index (χ1v) is 5.24. The maximum Gasteiger partial charge on any atom is 0.188 e. The first kappa shape index (κ1) is 12.6. The number of ether oxygens (including phenoxy) is 2. The molecule has 0 saturated heterocycles. The van der Waals surface area contributed by atoms with Crippen LogP contribution in [0.15, 0.2) is 18.3 Å². The molecule has 0 fully saturated rings. The van der Waals surface area contributed by atoms with E-state index in [1.807, 2.05) is 13.8 Å². The first-order valence-electron chi connectivity index (χ1n) is 5.24. The van der Waals surface area contributed by atoms with Crippen LogP contribution in [0.2, 0.25) is 0 Å². The van der Waals surface area contributed by atoms with Crippen molar-refractivity contribution in [2.45, 2.75) is 20.3 Å².